The number of hydrogen-bond donors (Lipinski definition) is 1. The van der Waals surface area contributed by atoms with Crippen LogP contribution in [0.2, 0.25) is 0 Å². The average molecular weight is 306 g/mol. The van der Waals surface area contributed by atoms with E-state index in [1.165, 1.54) is 7.11 Å². The van der Waals surface area contributed by atoms with Crippen LogP contribution < -0.4 is 0 Å². The third-order valence-electron chi connectivity index (χ3n) is 3.97. The highest BCUT2D eigenvalue weighted by molar-refractivity contribution is 7.91. The van der Waals surface area contributed by atoms with E-state index in [0.717, 1.165) is 0 Å². The van der Waals surface area contributed by atoms with Crippen LogP contribution >= 0.6 is 0 Å². The topological polar surface area (TPSA) is 87.1 Å². The molecule has 1 atom stereocenters. The van der Waals surface area contributed by atoms with E-state index in [0.29, 0.717) is 6.54 Å². The predicted octanol–water partition coefficient (Wildman–Crippen LogP) is -1.67. The van der Waals surface area contributed by atoms with Gasteiger partial charge in [-0.1, -0.05) is 0 Å². The molecule has 2 heterocycles. The third-order valence-corrected chi connectivity index (χ3v) is 5.67. The Labute approximate surface area is 119 Å². The van der Waals surface area contributed by atoms with Crippen LogP contribution in [-0.2, 0) is 19.4 Å². The van der Waals surface area contributed by atoms with Gasteiger partial charge in [0.15, 0.2) is 9.84 Å². The van der Waals surface area contributed by atoms with Crippen molar-refractivity contribution in [1.82, 2.24) is 9.80 Å². The molecule has 1 unspecified atom stereocenters. The highest BCUT2D eigenvalue weighted by atomic mass is 32.2. The number of rotatable bonds is 4. The molecule has 0 saturated carbocycles. The zero-order chi connectivity index (χ0) is 15.0. The number of sulfone groups is 1. The quantitative estimate of drug-likeness (QED) is 0.668. The molecule has 0 bridgehead atoms. The Balaban J connectivity index is 1.86. The SMILES string of the molecule is COCC1(O)CN(C(=O)CC2CS(=O)(=O)CCN2C)C1. The lowest BCUT2D eigenvalue weighted by Crippen LogP contribution is -2.66. The number of methoxy groups -OCH3 is 1. The first-order chi connectivity index (χ1) is 9.25. The number of ether oxygens (including phenoxy) is 1. The molecule has 20 heavy (non-hydrogen) atoms. The molecule has 0 aromatic heterocycles. The molecule has 116 valence electrons. The zero-order valence-corrected chi connectivity index (χ0v) is 12.7. The van der Waals surface area contributed by atoms with Gasteiger partial charge < -0.3 is 19.6 Å². The summed E-state index contributed by atoms with van der Waals surface area (Å²) >= 11 is 0. The van der Waals surface area contributed by atoms with Gasteiger partial charge in [0.1, 0.15) is 5.60 Å². The molecule has 2 aliphatic heterocycles. The second-order valence-electron chi connectivity index (χ2n) is 5.86. The Morgan fingerprint density at radius 1 is 1.45 bits per heavy atom. The van der Waals surface area contributed by atoms with Crippen molar-refractivity contribution in [3.63, 3.8) is 0 Å². The molecule has 0 aliphatic carbocycles. The molecule has 2 saturated heterocycles. The van der Waals surface area contributed by atoms with E-state index < -0.39 is 15.4 Å². The fraction of sp³-hybridized carbons (Fsp3) is 0.917. The summed E-state index contributed by atoms with van der Waals surface area (Å²) in [5.74, 6) is 0.0800. The van der Waals surface area contributed by atoms with E-state index in [1.54, 1.807) is 4.90 Å². The van der Waals surface area contributed by atoms with Crippen LogP contribution in [0, 0.1) is 0 Å². The summed E-state index contributed by atoms with van der Waals surface area (Å²) in [7, 11) is 0.303. The van der Waals surface area contributed by atoms with Gasteiger partial charge in [-0.3, -0.25) is 4.79 Å². The molecule has 7 nitrogen and oxygen atoms in total. The summed E-state index contributed by atoms with van der Waals surface area (Å²) in [6.45, 7) is 1.17. The lowest BCUT2D eigenvalue weighted by Gasteiger charge is -2.46. The summed E-state index contributed by atoms with van der Waals surface area (Å²) in [4.78, 5) is 15.6. The second-order valence-corrected chi connectivity index (χ2v) is 8.09. The largest absolute Gasteiger partial charge is 0.384 e. The minimum atomic E-state index is -3.04. The Morgan fingerprint density at radius 3 is 2.70 bits per heavy atom. The molecule has 2 rings (SSSR count). The van der Waals surface area contributed by atoms with Crippen LogP contribution in [0.25, 0.3) is 0 Å². The van der Waals surface area contributed by atoms with Gasteiger partial charge in [-0.25, -0.2) is 8.42 Å². The monoisotopic (exact) mass is 306 g/mol. The average Bonchev–Trinajstić information content (AvgIpc) is 2.30. The van der Waals surface area contributed by atoms with Gasteiger partial charge in [-0.05, 0) is 7.05 Å². The predicted molar refractivity (Wildman–Crippen MR) is 73.1 cm³/mol. The van der Waals surface area contributed by atoms with E-state index in [2.05, 4.69) is 0 Å². The van der Waals surface area contributed by atoms with Crippen molar-refractivity contribution in [3.8, 4) is 0 Å². The number of carbonyl (C=O) groups is 1. The first-order valence-corrected chi connectivity index (χ1v) is 8.47. The van der Waals surface area contributed by atoms with Crippen LogP contribution in [0.4, 0.5) is 0 Å². The molecule has 8 heteroatoms. The number of hydrogen-bond acceptors (Lipinski definition) is 6. The number of likely N-dealkylation sites (tertiary alicyclic amines) is 1. The van der Waals surface area contributed by atoms with Gasteiger partial charge in [0, 0.05) is 26.1 Å². The van der Waals surface area contributed by atoms with Crippen LogP contribution in [-0.4, -0.2) is 92.8 Å². The molecule has 2 fully saturated rings. The third kappa shape index (κ3) is 3.49. The zero-order valence-electron chi connectivity index (χ0n) is 11.9. The smallest absolute Gasteiger partial charge is 0.224 e. The van der Waals surface area contributed by atoms with Crippen molar-refractivity contribution in [3.05, 3.63) is 0 Å². The van der Waals surface area contributed by atoms with Crippen molar-refractivity contribution in [2.75, 3.05) is 51.9 Å². The molecule has 1 N–H and O–H groups in total. The van der Waals surface area contributed by atoms with Crippen LogP contribution in [0.15, 0.2) is 0 Å². The minimum Gasteiger partial charge on any atom is -0.384 e. The summed E-state index contributed by atoms with van der Waals surface area (Å²) in [6, 6.07) is -0.266. The summed E-state index contributed by atoms with van der Waals surface area (Å²) in [6.07, 6.45) is 0.179. The Bertz CT molecular complexity index is 472. The van der Waals surface area contributed by atoms with Gasteiger partial charge in [0.25, 0.3) is 0 Å². The van der Waals surface area contributed by atoms with E-state index in [1.807, 2.05) is 11.9 Å². The standard InChI is InChI=1S/C12H22N2O5S/c1-13-3-4-20(17,18)6-10(13)5-11(15)14-7-12(16,8-14)9-19-2/h10,16H,3-9H2,1-2H3. The maximum atomic E-state index is 12.1. The van der Waals surface area contributed by atoms with Gasteiger partial charge in [0.2, 0.25) is 5.91 Å². The number of amides is 1. The van der Waals surface area contributed by atoms with Gasteiger partial charge >= 0.3 is 0 Å². The summed E-state index contributed by atoms with van der Waals surface area (Å²) < 4.78 is 28.1. The number of aliphatic hydroxyl groups is 1. The normalized spacial score (nSPS) is 28.9. The molecule has 0 spiro atoms. The first kappa shape index (κ1) is 15.7. The van der Waals surface area contributed by atoms with Crippen molar-refractivity contribution in [2.45, 2.75) is 18.1 Å². The van der Waals surface area contributed by atoms with Crippen molar-refractivity contribution in [1.29, 1.82) is 0 Å². The Morgan fingerprint density at radius 2 is 2.10 bits per heavy atom. The summed E-state index contributed by atoms with van der Waals surface area (Å²) in [5, 5.41) is 9.95. The fourth-order valence-corrected chi connectivity index (χ4v) is 4.41. The van der Waals surface area contributed by atoms with Crippen molar-refractivity contribution in [2.24, 2.45) is 0 Å². The second kappa shape index (κ2) is 5.59. The number of β-amino-alcohol motifs (C(OH)–C–C–N with tert-alkyl or cyclic N) is 1. The molecule has 0 aromatic carbocycles. The number of carbonyl (C=O) groups excluding carboxylic acids is 1. The Kier molecular flexibility index (Phi) is 4.38. The molecule has 1 amide bonds. The van der Waals surface area contributed by atoms with Gasteiger partial charge in [-0.15, -0.1) is 0 Å². The lowest BCUT2D eigenvalue weighted by molar-refractivity contribution is -0.165. The van der Waals surface area contributed by atoms with E-state index in [9.17, 15) is 18.3 Å². The maximum absolute atomic E-state index is 12.1. The Hall–Kier alpha value is -0.700. The summed E-state index contributed by atoms with van der Waals surface area (Å²) in [5.41, 5.74) is -0.949. The molecule has 2 aliphatic rings. The molecular weight excluding hydrogens is 284 g/mol. The van der Waals surface area contributed by atoms with E-state index in [4.69, 9.17) is 4.74 Å². The fourth-order valence-electron chi connectivity index (χ4n) is 2.72. The lowest BCUT2D eigenvalue weighted by atomic mass is 9.94. The molecule has 0 aromatic rings. The highest BCUT2D eigenvalue weighted by Gasteiger charge is 2.44. The highest BCUT2D eigenvalue weighted by Crippen LogP contribution is 2.23. The van der Waals surface area contributed by atoms with Gasteiger partial charge in [-0.2, -0.15) is 0 Å². The van der Waals surface area contributed by atoms with E-state index >= 15 is 0 Å². The van der Waals surface area contributed by atoms with Gasteiger partial charge in [0.05, 0.1) is 31.2 Å². The van der Waals surface area contributed by atoms with Crippen LogP contribution in [0.1, 0.15) is 6.42 Å². The maximum Gasteiger partial charge on any atom is 0.224 e. The van der Waals surface area contributed by atoms with Crippen LogP contribution in [0.5, 0.6) is 0 Å². The number of nitrogens with zero attached hydrogens (tertiary/aromatic N) is 2. The molecule has 0 radical (unpaired) electrons. The minimum absolute atomic E-state index is 0.0332. The van der Waals surface area contributed by atoms with Crippen LogP contribution in [0.3, 0.4) is 0 Å². The van der Waals surface area contributed by atoms with Crippen molar-refractivity contribution < 1.29 is 23.1 Å². The molecular formula is C12H22N2O5S. The van der Waals surface area contributed by atoms with E-state index in [-0.39, 0.29) is 49.6 Å². The first-order valence-electron chi connectivity index (χ1n) is 6.64. The van der Waals surface area contributed by atoms with Crippen molar-refractivity contribution >= 4 is 15.7 Å².